The fourth-order valence-electron chi connectivity index (χ4n) is 4.30. The first-order valence-electron chi connectivity index (χ1n) is 11.5. The summed E-state index contributed by atoms with van der Waals surface area (Å²) in [6.07, 6.45) is 4.00. The smallest absolute Gasteiger partial charge is 0.310 e. The number of ether oxygens (including phenoxy) is 2. The van der Waals surface area contributed by atoms with Crippen molar-refractivity contribution in [2.24, 2.45) is 0 Å². The van der Waals surface area contributed by atoms with Crippen molar-refractivity contribution in [1.82, 2.24) is 0 Å². The summed E-state index contributed by atoms with van der Waals surface area (Å²) in [7, 11) is 3.39. The zero-order valence-electron chi connectivity index (χ0n) is 20.0. The predicted octanol–water partition coefficient (Wildman–Crippen LogP) is 6.55. The van der Waals surface area contributed by atoms with Gasteiger partial charge in [-0.1, -0.05) is 54.6 Å². The van der Waals surface area contributed by atoms with Crippen LogP contribution >= 0.6 is 0 Å². The Labute approximate surface area is 197 Å². The van der Waals surface area contributed by atoms with E-state index in [0.717, 1.165) is 48.3 Å². The summed E-state index contributed by atoms with van der Waals surface area (Å²) < 4.78 is 11.3. The number of benzene rings is 3. The molecule has 4 nitrogen and oxygen atoms in total. The third kappa shape index (κ3) is 6.38. The molecule has 0 aliphatic heterocycles. The lowest BCUT2D eigenvalue weighted by atomic mass is 9.86. The number of methoxy groups -OCH3 is 2. The third-order valence-electron chi connectivity index (χ3n) is 6.44. The second-order valence-corrected chi connectivity index (χ2v) is 8.63. The molecule has 0 heterocycles. The molecule has 2 atom stereocenters. The zero-order chi connectivity index (χ0) is 23.8. The summed E-state index contributed by atoms with van der Waals surface area (Å²) in [5.74, 6) is 0.651. The van der Waals surface area contributed by atoms with Crippen molar-refractivity contribution >= 4 is 5.97 Å². The molecule has 4 heteroatoms. The van der Waals surface area contributed by atoms with Gasteiger partial charge in [0.1, 0.15) is 11.5 Å². The Morgan fingerprint density at radius 2 is 1.48 bits per heavy atom. The van der Waals surface area contributed by atoms with Crippen LogP contribution in [0.4, 0.5) is 0 Å². The van der Waals surface area contributed by atoms with E-state index in [1.807, 2.05) is 25.1 Å². The van der Waals surface area contributed by atoms with Gasteiger partial charge in [-0.05, 0) is 79.8 Å². The minimum absolute atomic E-state index is 0.292. The van der Waals surface area contributed by atoms with Crippen LogP contribution in [-0.2, 0) is 17.6 Å². The molecule has 0 saturated carbocycles. The molecule has 0 aliphatic carbocycles. The zero-order valence-corrected chi connectivity index (χ0v) is 20.0. The van der Waals surface area contributed by atoms with Crippen molar-refractivity contribution in [2.75, 3.05) is 14.2 Å². The molecular formula is C29H34O4. The summed E-state index contributed by atoms with van der Waals surface area (Å²) >= 11 is 0. The monoisotopic (exact) mass is 446 g/mol. The molecule has 0 fully saturated rings. The second kappa shape index (κ2) is 11.6. The van der Waals surface area contributed by atoms with Crippen molar-refractivity contribution < 1.29 is 19.4 Å². The lowest BCUT2D eigenvalue weighted by Gasteiger charge is -2.21. The molecule has 3 rings (SSSR count). The first-order valence-corrected chi connectivity index (χ1v) is 11.5. The predicted molar refractivity (Wildman–Crippen MR) is 133 cm³/mol. The summed E-state index contributed by atoms with van der Waals surface area (Å²) in [4.78, 5) is 11.3. The normalized spacial score (nSPS) is 12.7. The van der Waals surface area contributed by atoms with Crippen LogP contribution in [0.25, 0.3) is 0 Å². The molecule has 0 aliphatic rings. The number of hydrogen-bond acceptors (Lipinski definition) is 3. The maximum Gasteiger partial charge on any atom is 0.310 e. The number of hydrogen-bond donors (Lipinski definition) is 1. The number of aliphatic carboxylic acids is 1. The average Bonchev–Trinajstić information content (AvgIpc) is 2.84. The van der Waals surface area contributed by atoms with E-state index >= 15 is 0 Å². The number of carboxylic acids is 1. The van der Waals surface area contributed by atoms with Crippen LogP contribution in [-0.4, -0.2) is 25.3 Å². The molecule has 0 amide bonds. The van der Waals surface area contributed by atoms with E-state index in [0.29, 0.717) is 5.92 Å². The molecule has 3 aromatic carbocycles. The number of aryl methyl sites for hydroxylation is 1. The maximum atomic E-state index is 11.3. The topological polar surface area (TPSA) is 55.8 Å². The fourth-order valence-corrected chi connectivity index (χ4v) is 4.30. The molecule has 0 radical (unpaired) electrons. The fraction of sp³-hybridized carbons (Fsp3) is 0.345. The van der Waals surface area contributed by atoms with Gasteiger partial charge < -0.3 is 14.6 Å². The highest BCUT2D eigenvalue weighted by Gasteiger charge is 2.18. The van der Waals surface area contributed by atoms with E-state index in [1.54, 1.807) is 21.1 Å². The van der Waals surface area contributed by atoms with E-state index in [1.165, 1.54) is 16.7 Å². The lowest BCUT2D eigenvalue weighted by molar-refractivity contribution is -0.138. The van der Waals surface area contributed by atoms with Crippen molar-refractivity contribution in [3.8, 4) is 11.5 Å². The number of carbonyl (C=O) groups is 1. The SMILES string of the molecule is COc1cc(C(CCCc2ccccc2)Cc2ccc(C(C)C(=O)O)cc2)cc(OC)c1C. The Hall–Kier alpha value is -3.27. The van der Waals surface area contributed by atoms with Crippen molar-refractivity contribution in [1.29, 1.82) is 0 Å². The molecule has 33 heavy (non-hydrogen) atoms. The van der Waals surface area contributed by atoms with Gasteiger partial charge in [0.15, 0.2) is 0 Å². The molecular weight excluding hydrogens is 412 g/mol. The van der Waals surface area contributed by atoms with Gasteiger partial charge in [0.2, 0.25) is 0 Å². The third-order valence-corrected chi connectivity index (χ3v) is 6.44. The molecule has 0 bridgehead atoms. The van der Waals surface area contributed by atoms with Crippen LogP contribution in [0.2, 0.25) is 0 Å². The molecule has 174 valence electrons. The number of rotatable bonds is 11. The van der Waals surface area contributed by atoms with Gasteiger partial charge in [0.05, 0.1) is 20.1 Å². The van der Waals surface area contributed by atoms with E-state index in [4.69, 9.17) is 9.47 Å². The van der Waals surface area contributed by atoms with Gasteiger partial charge in [-0.2, -0.15) is 0 Å². The molecule has 1 N–H and O–H groups in total. The standard InChI is InChI=1S/C29H34O4/c1-20(29(30)31)24-15-13-23(14-16-24)17-25(12-8-11-22-9-6-5-7-10-22)26-18-27(32-3)21(2)28(19-26)33-4/h5-7,9-10,13-16,18-20,25H,8,11-12,17H2,1-4H3,(H,30,31). The van der Waals surface area contributed by atoms with E-state index in [-0.39, 0.29) is 0 Å². The highest BCUT2D eigenvalue weighted by molar-refractivity contribution is 5.75. The largest absolute Gasteiger partial charge is 0.496 e. The van der Waals surface area contributed by atoms with Crippen LogP contribution in [0, 0.1) is 6.92 Å². The second-order valence-electron chi connectivity index (χ2n) is 8.63. The Morgan fingerprint density at radius 3 is 2.03 bits per heavy atom. The molecule has 0 saturated heterocycles. The Kier molecular flexibility index (Phi) is 8.53. The maximum absolute atomic E-state index is 11.3. The van der Waals surface area contributed by atoms with Gasteiger partial charge in [-0.15, -0.1) is 0 Å². The minimum Gasteiger partial charge on any atom is -0.496 e. The van der Waals surface area contributed by atoms with Gasteiger partial charge in [-0.25, -0.2) is 0 Å². The average molecular weight is 447 g/mol. The van der Waals surface area contributed by atoms with Crippen molar-refractivity contribution in [3.63, 3.8) is 0 Å². The highest BCUT2D eigenvalue weighted by Crippen LogP contribution is 2.36. The highest BCUT2D eigenvalue weighted by atomic mass is 16.5. The minimum atomic E-state index is -0.805. The first-order chi connectivity index (χ1) is 15.9. The van der Waals surface area contributed by atoms with Crippen LogP contribution in [0.15, 0.2) is 66.7 Å². The van der Waals surface area contributed by atoms with Crippen LogP contribution in [0.5, 0.6) is 11.5 Å². The quantitative estimate of drug-likeness (QED) is 0.363. The van der Waals surface area contributed by atoms with Gasteiger partial charge in [-0.3, -0.25) is 4.79 Å². The van der Waals surface area contributed by atoms with E-state index in [9.17, 15) is 9.90 Å². The lowest BCUT2D eigenvalue weighted by Crippen LogP contribution is -2.08. The Balaban J connectivity index is 1.84. The van der Waals surface area contributed by atoms with Gasteiger partial charge in [0, 0.05) is 5.56 Å². The number of carboxylic acid groups (broad SMARTS) is 1. The summed E-state index contributed by atoms with van der Waals surface area (Å²) in [5, 5.41) is 9.29. The summed E-state index contributed by atoms with van der Waals surface area (Å²) in [6.45, 7) is 3.72. The molecule has 0 spiro atoms. The van der Waals surface area contributed by atoms with Gasteiger partial charge in [0.25, 0.3) is 0 Å². The Bertz CT molecular complexity index is 1020. The molecule has 0 aromatic heterocycles. The van der Waals surface area contributed by atoms with Crippen LogP contribution < -0.4 is 9.47 Å². The molecule has 3 aromatic rings. The van der Waals surface area contributed by atoms with Crippen LogP contribution in [0.1, 0.15) is 59.4 Å². The summed E-state index contributed by atoms with van der Waals surface area (Å²) in [5.41, 5.74) is 5.57. The van der Waals surface area contributed by atoms with Crippen LogP contribution in [0.3, 0.4) is 0 Å². The van der Waals surface area contributed by atoms with Crippen molar-refractivity contribution in [3.05, 3.63) is 94.5 Å². The first kappa shape index (κ1) is 24.4. The van der Waals surface area contributed by atoms with E-state index in [2.05, 4.69) is 48.5 Å². The van der Waals surface area contributed by atoms with Crippen molar-refractivity contribution in [2.45, 2.75) is 51.4 Å². The van der Waals surface area contributed by atoms with Gasteiger partial charge >= 0.3 is 5.97 Å². The Morgan fingerprint density at radius 1 is 0.879 bits per heavy atom. The molecule has 2 unspecified atom stereocenters. The van der Waals surface area contributed by atoms with E-state index < -0.39 is 11.9 Å². The summed E-state index contributed by atoms with van der Waals surface area (Å²) in [6, 6.07) is 22.8.